The zero-order valence-electron chi connectivity index (χ0n) is 11.4. The maximum Gasteiger partial charge on any atom is 0.0111 e. The van der Waals surface area contributed by atoms with Crippen molar-refractivity contribution in [1.29, 1.82) is 0 Å². The summed E-state index contributed by atoms with van der Waals surface area (Å²) in [5, 5.41) is 0. The van der Waals surface area contributed by atoms with Gasteiger partial charge in [0.2, 0.25) is 0 Å². The molecule has 1 aliphatic heterocycles. The van der Waals surface area contributed by atoms with Crippen LogP contribution in [0.15, 0.2) is 0 Å². The van der Waals surface area contributed by atoms with Crippen LogP contribution in [0.2, 0.25) is 0 Å². The molecule has 0 aromatic carbocycles. The Morgan fingerprint density at radius 3 is 2.24 bits per heavy atom. The normalized spacial score (nSPS) is 51.0. The molecule has 6 unspecified atom stereocenters. The lowest BCUT2D eigenvalue weighted by molar-refractivity contribution is 0.101. The first-order chi connectivity index (χ1) is 8.13. The maximum absolute atomic E-state index is 6.42. The summed E-state index contributed by atoms with van der Waals surface area (Å²) < 4.78 is 0. The highest BCUT2D eigenvalue weighted by molar-refractivity contribution is 5.00. The monoisotopic (exact) mass is 236 g/mol. The van der Waals surface area contributed by atoms with Crippen LogP contribution < -0.4 is 5.73 Å². The second kappa shape index (κ2) is 4.55. The summed E-state index contributed by atoms with van der Waals surface area (Å²) in [6.07, 6.45) is 5.72. The summed E-state index contributed by atoms with van der Waals surface area (Å²) in [5.41, 5.74) is 6.42. The first-order valence-corrected chi connectivity index (χ1v) is 7.61. The molecular weight excluding hydrogens is 208 g/mol. The third kappa shape index (κ3) is 2.26. The quantitative estimate of drug-likeness (QED) is 0.797. The van der Waals surface area contributed by atoms with Crippen LogP contribution >= 0.6 is 0 Å². The van der Waals surface area contributed by atoms with E-state index in [9.17, 15) is 0 Å². The van der Waals surface area contributed by atoms with E-state index in [-0.39, 0.29) is 0 Å². The van der Waals surface area contributed by atoms with Gasteiger partial charge in [0.05, 0.1) is 0 Å². The molecule has 0 aromatic heterocycles. The van der Waals surface area contributed by atoms with Gasteiger partial charge in [0.1, 0.15) is 0 Å². The van der Waals surface area contributed by atoms with E-state index in [1.807, 2.05) is 0 Å². The molecule has 0 amide bonds. The van der Waals surface area contributed by atoms with Crippen molar-refractivity contribution in [2.75, 3.05) is 19.6 Å². The lowest BCUT2D eigenvalue weighted by Gasteiger charge is -2.39. The average Bonchev–Trinajstić information content (AvgIpc) is 2.81. The molecule has 2 aliphatic carbocycles. The third-order valence-corrected chi connectivity index (χ3v) is 5.57. The second-order valence-electron chi connectivity index (χ2n) is 7.24. The summed E-state index contributed by atoms with van der Waals surface area (Å²) >= 11 is 0. The van der Waals surface area contributed by atoms with Crippen molar-refractivity contribution in [2.24, 2.45) is 35.3 Å². The Bertz CT molecular complexity index is 266. The number of nitrogens with zero attached hydrogens (tertiary/aromatic N) is 1. The van der Waals surface area contributed by atoms with Gasteiger partial charge < -0.3 is 10.6 Å². The zero-order chi connectivity index (χ0) is 12.0. The fraction of sp³-hybridized carbons (Fsp3) is 1.00. The number of likely N-dealkylation sites (tertiary alicyclic amines) is 1. The molecular formula is C15H28N2. The Balaban J connectivity index is 1.59. The van der Waals surface area contributed by atoms with Gasteiger partial charge in [0, 0.05) is 25.7 Å². The van der Waals surface area contributed by atoms with Crippen molar-refractivity contribution in [1.82, 2.24) is 4.90 Å². The second-order valence-corrected chi connectivity index (χ2v) is 7.24. The number of hydrogen-bond acceptors (Lipinski definition) is 2. The van der Waals surface area contributed by atoms with Gasteiger partial charge in [-0.1, -0.05) is 13.8 Å². The summed E-state index contributed by atoms with van der Waals surface area (Å²) in [7, 11) is 0. The smallest absolute Gasteiger partial charge is 0.0111 e. The Kier molecular flexibility index (Phi) is 3.20. The fourth-order valence-electron chi connectivity index (χ4n) is 4.97. The van der Waals surface area contributed by atoms with Crippen molar-refractivity contribution in [3.63, 3.8) is 0 Å². The van der Waals surface area contributed by atoms with E-state index in [4.69, 9.17) is 5.73 Å². The van der Waals surface area contributed by atoms with Crippen LogP contribution in [0.5, 0.6) is 0 Å². The molecule has 6 atom stereocenters. The van der Waals surface area contributed by atoms with Crippen molar-refractivity contribution >= 4 is 0 Å². The Labute approximate surface area is 106 Å². The topological polar surface area (TPSA) is 29.3 Å². The molecule has 2 saturated carbocycles. The molecule has 98 valence electrons. The van der Waals surface area contributed by atoms with Crippen molar-refractivity contribution in [3.05, 3.63) is 0 Å². The molecule has 3 aliphatic rings. The molecule has 1 heterocycles. The van der Waals surface area contributed by atoms with Crippen LogP contribution in [-0.4, -0.2) is 30.6 Å². The van der Waals surface area contributed by atoms with Gasteiger partial charge in [0.15, 0.2) is 0 Å². The fourth-order valence-corrected chi connectivity index (χ4v) is 4.97. The highest BCUT2D eigenvalue weighted by Crippen LogP contribution is 2.48. The van der Waals surface area contributed by atoms with E-state index in [0.717, 1.165) is 29.6 Å². The van der Waals surface area contributed by atoms with Crippen LogP contribution in [0.4, 0.5) is 0 Å². The van der Waals surface area contributed by atoms with Gasteiger partial charge in [-0.25, -0.2) is 0 Å². The van der Waals surface area contributed by atoms with Gasteiger partial charge >= 0.3 is 0 Å². The SMILES string of the molecule is CC1CC(C)CN(CC2C3CCC(C3)C2N)C1. The number of piperidine rings is 1. The standard InChI is InChI=1S/C15H28N2/c1-10-5-11(2)8-17(7-10)9-14-12-3-4-13(6-12)15(14)16/h10-15H,3-9,16H2,1-2H3. The number of fused-ring (bicyclic) bond motifs is 2. The van der Waals surface area contributed by atoms with E-state index in [2.05, 4.69) is 18.7 Å². The highest BCUT2D eigenvalue weighted by atomic mass is 15.1. The molecule has 0 spiro atoms. The molecule has 1 saturated heterocycles. The number of hydrogen-bond donors (Lipinski definition) is 1. The summed E-state index contributed by atoms with van der Waals surface area (Å²) in [6.45, 7) is 8.72. The molecule has 3 fully saturated rings. The largest absolute Gasteiger partial charge is 0.327 e. The van der Waals surface area contributed by atoms with Crippen molar-refractivity contribution < 1.29 is 0 Å². The highest BCUT2D eigenvalue weighted by Gasteiger charge is 2.46. The molecule has 17 heavy (non-hydrogen) atoms. The molecule has 0 aromatic rings. The predicted molar refractivity (Wildman–Crippen MR) is 71.7 cm³/mol. The average molecular weight is 236 g/mol. The van der Waals surface area contributed by atoms with Crippen LogP contribution in [0.1, 0.15) is 39.5 Å². The van der Waals surface area contributed by atoms with Gasteiger partial charge in [0.25, 0.3) is 0 Å². The maximum atomic E-state index is 6.42. The third-order valence-electron chi connectivity index (χ3n) is 5.57. The molecule has 2 heteroatoms. The lowest BCUT2D eigenvalue weighted by atomic mass is 9.83. The first kappa shape index (κ1) is 12.0. The summed E-state index contributed by atoms with van der Waals surface area (Å²) in [5.74, 6) is 4.40. The van der Waals surface area contributed by atoms with Crippen LogP contribution in [-0.2, 0) is 0 Å². The predicted octanol–water partition coefficient (Wildman–Crippen LogP) is 2.34. The minimum absolute atomic E-state index is 0.515. The number of nitrogens with two attached hydrogens (primary N) is 1. The lowest BCUT2D eigenvalue weighted by Crippen LogP contribution is -2.47. The van der Waals surface area contributed by atoms with Gasteiger partial charge in [-0.15, -0.1) is 0 Å². The van der Waals surface area contributed by atoms with E-state index in [1.54, 1.807) is 0 Å². The molecule has 3 rings (SSSR count). The van der Waals surface area contributed by atoms with Gasteiger partial charge in [-0.05, 0) is 55.3 Å². The van der Waals surface area contributed by atoms with Gasteiger partial charge in [-0.3, -0.25) is 0 Å². The minimum atomic E-state index is 0.515. The van der Waals surface area contributed by atoms with E-state index in [1.165, 1.54) is 45.3 Å². The van der Waals surface area contributed by atoms with Crippen LogP contribution in [0.25, 0.3) is 0 Å². The Morgan fingerprint density at radius 2 is 1.65 bits per heavy atom. The van der Waals surface area contributed by atoms with Crippen LogP contribution in [0, 0.1) is 29.6 Å². The van der Waals surface area contributed by atoms with E-state index < -0.39 is 0 Å². The summed E-state index contributed by atoms with van der Waals surface area (Å²) in [6, 6.07) is 0.515. The number of rotatable bonds is 2. The summed E-state index contributed by atoms with van der Waals surface area (Å²) in [4.78, 5) is 2.71. The molecule has 0 radical (unpaired) electrons. The zero-order valence-corrected chi connectivity index (χ0v) is 11.4. The molecule has 2 bridgehead atoms. The minimum Gasteiger partial charge on any atom is -0.327 e. The van der Waals surface area contributed by atoms with Crippen molar-refractivity contribution in [2.45, 2.75) is 45.6 Å². The Hall–Kier alpha value is -0.0800. The van der Waals surface area contributed by atoms with E-state index >= 15 is 0 Å². The van der Waals surface area contributed by atoms with Gasteiger partial charge in [-0.2, -0.15) is 0 Å². The molecule has 2 N–H and O–H groups in total. The van der Waals surface area contributed by atoms with E-state index in [0.29, 0.717) is 6.04 Å². The van der Waals surface area contributed by atoms with Crippen molar-refractivity contribution in [3.8, 4) is 0 Å². The first-order valence-electron chi connectivity index (χ1n) is 7.61. The molecule has 2 nitrogen and oxygen atoms in total. The van der Waals surface area contributed by atoms with Crippen LogP contribution in [0.3, 0.4) is 0 Å². The Morgan fingerprint density at radius 1 is 1.00 bits per heavy atom.